The first-order chi connectivity index (χ1) is 7.31. The molecule has 3 heteroatoms. The minimum absolute atomic E-state index is 0.0625. The minimum Gasteiger partial charge on any atom is -0.393 e. The maximum absolute atomic E-state index is 9.70. The maximum atomic E-state index is 9.70. The Kier molecular flexibility index (Phi) is 4.00. The van der Waals surface area contributed by atoms with Crippen molar-refractivity contribution in [3.8, 4) is 0 Å². The first kappa shape index (κ1) is 11.4. The fraction of sp³-hybridized carbons (Fsp3) is 1.00. The molecule has 0 saturated heterocycles. The third-order valence-corrected chi connectivity index (χ3v) is 3.66. The lowest BCUT2D eigenvalue weighted by Crippen LogP contribution is -2.43. The number of hydrogen-bond donors (Lipinski definition) is 1. The van der Waals surface area contributed by atoms with Crippen molar-refractivity contribution < 1.29 is 9.84 Å². The molecule has 2 atom stereocenters. The van der Waals surface area contributed by atoms with Crippen LogP contribution < -0.4 is 0 Å². The van der Waals surface area contributed by atoms with Gasteiger partial charge in [0.2, 0.25) is 0 Å². The van der Waals surface area contributed by atoms with Gasteiger partial charge < -0.3 is 9.84 Å². The van der Waals surface area contributed by atoms with Gasteiger partial charge in [0, 0.05) is 25.7 Å². The molecule has 88 valence electrons. The normalized spacial score (nSPS) is 32.2. The summed E-state index contributed by atoms with van der Waals surface area (Å²) in [6, 6.07) is 1.40. The van der Waals surface area contributed by atoms with Gasteiger partial charge in [-0.05, 0) is 38.5 Å². The average Bonchev–Trinajstić information content (AvgIpc) is 3.03. The molecule has 0 radical (unpaired) electrons. The van der Waals surface area contributed by atoms with E-state index in [0.29, 0.717) is 6.04 Å². The Morgan fingerprint density at radius 2 is 2.00 bits per heavy atom. The molecular formula is C12H23NO2. The molecule has 2 aliphatic rings. The van der Waals surface area contributed by atoms with Crippen molar-refractivity contribution in [3.63, 3.8) is 0 Å². The van der Waals surface area contributed by atoms with Crippen LogP contribution >= 0.6 is 0 Å². The van der Waals surface area contributed by atoms with E-state index in [1.54, 1.807) is 7.11 Å². The van der Waals surface area contributed by atoms with Gasteiger partial charge in [-0.15, -0.1) is 0 Å². The van der Waals surface area contributed by atoms with Gasteiger partial charge in [-0.25, -0.2) is 0 Å². The zero-order valence-electron chi connectivity index (χ0n) is 9.69. The summed E-state index contributed by atoms with van der Waals surface area (Å²) in [4.78, 5) is 2.58. The van der Waals surface area contributed by atoms with E-state index in [4.69, 9.17) is 4.74 Å². The summed E-state index contributed by atoms with van der Waals surface area (Å²) in [7, 11) is 1.76. The van der Waals surface area contributed by atoms with Crippen LogP contribution in [0.4, 0.5) is 0 Å². The molecule has 2 saturated carbocycles. The Balaban J connectivity index is 1.85. The summed E-state index contributed by atoms with van der Waals surface area (Å²) < 4.78 is 5.16. The molecular weight excluding hydrogens is 190 g/mol. The number of nitrogens with zero attached hydrogens (tertiary/aromatic N) is 1. The number of aliphatic hydroxyl groups is 1. The highest BCUT2D eigenvalue weighted by atomic mass is 16.5. The highest BCUT2D eigenvalue weighted by Crippen LogP contribution is 2.33. The molecule has 1 N–H and O–H groups in total. The number of methoxy groups -OCH3 is 1. The Labute approximate surface area is 92.4 Å². The van der Waals surface area contributed by atoms with E-state index in [-0.39, 0.29) is 6.10 Å². The Morgan fingerprint density at radius 1 is 1.20 bits per heavy atom. The Morgan fingerprint density at radius 3 is 2.60 bits per heavy atom. The molecule has 0 aromatic carbocycles. The molecule has 3 nitrogen and oxygen atoms in total. The van der Waals surface area contributed by atoms with Crippen LogP contribution in [0.25, 0.3) is 0 Å². The van der Waals surface area contributed by atoms with Gasteiger partial charge in [0.15, 0.2) is 0 Å². The van der Waals surface area contributed by atoms with Crippen LogP contribution in [0, 0.1) is 0 Å². The predicted octanol–water partition coefficient (Wildman–Crippen LogP) is 1.40. The molecule has 15 heavy (non-hydrogen) atoms. The van der Waals surface area contributed by atoms with Gasteiger partial charge in [0.1, 0.15) is 0 Å². The zero-order chi connectivity index (χ0) is 10.7. The van der Waals surface area contributed by atoms with Gasteiger partial charge >= 0.3 is 0 Å². The van der Waals surface area contributed by atoms with Gasteiger partial charge in [0.05, 0.1) is 12.7 Å². The number of ether oxygens (including phenoxy) is 1. The molecule has 0 bridgehead atoms. The van der Waals surface area contributed by atoms with Crippen LogP contribution in [0.1, 0.15) is 38.5 Å². The quantitative estimate of drug-likeness (QED) is 0.749. The van der Waals surface area contributed by atoms with Crippen LogP contribution in [-0.2, 0) is 4.74 Å². The largest absolute Gasteiger partial charge is 0.393 e. The van der Waals surface area contributed by atoms with E-state index in [0.717, 1.165) is 32.0 Å². The van der Waals surface area contributed by atoms with Gasteiger partial charge in [-0.2, -0.15) is 0 Å². The SMILES string of the molecule is COCCN(C1CC1)C1CCCC(O)C1. The second-order valence-corrected chi connectivity index (χ2v) is 4.94. The van der Waals surface area contributed by atoms with Crippen LogP contribution in [0.5, 0.6) is 0 Å². The smallest absolute Gasteiger partial charge is 0.0589 e. The first-order valence-corrected chi connectivity index (χ1v) is 6.24. The molecule has 0 aromatic heterocycles. The molecule has 2 fully saturated rings. The zero-order valence-corrected chi connectivity index (χ0v) is 9.69. The van der Waals surface area contributed by atoms with Gasteiger partial charge in [-0.1, -0.05) is 0 Å². The van der Waals surface area contributed by atoms with Crippen LogP contribution in [0.15, 0.2) is 0 Å². The second kappa shape index (κ2) is 5.28. The van der Waals surface area contributed by atoms with Crippen molar-refractivity contribution in [2.24, 2.45) is 0 Å². The maximum Gasteiger partial charge on any atom is 0.0589 e. The molecule has 0 aliphatic heterocycles. The van der Waals surface area contributed by atoms with E-state index >= 15 is 0 Å². The lowest BCUT2D eigenvalue weighted by atomic mass is 9.91. The van der Waals surface area contributed by atoms with Crippen LogP contribution in [0.2, 0.25) is 0 Å². The molecule has 0 amide bonds. The van der Waals surface area contributed by atoms with Crippen molar-refractivity contribution in [2.75, 3.05) is 20.3 Å². The monoisotopic (exact) mass is 213 g/mol. The number of aliphatic hydroxyl groups excluding tert-OH is 1. The van der Waals surface area contributed by atoms with E-state index in [2.05, 4.69) is 4.90 Å². The summed E-state index contributed by atoms with van der Waals surface area (Å²) in [6.45, 7) is 1.86. The standard InChI is InChI=1S/C12H23NO2/c1-15-8-7-13(10-5-6-10)11-3-2-4-12(14)9-11/h10-12,14H,2-9H2,1H3. The van der Waals surface area contributed by atoms with Crippen molar-refractivity contribution in [1.29, 1.82) is 0 Å². The summed E-state index contributed by atoms with van der Waals surface area (Å²) in [5.74, 6) is 0. The number of rotatable bonds is 5. The molecule has 0 aromatic rings. The third kappa shape index (κ3) is 3.16. The van der Waals surface area contributed by atoms with E-state index in [1.165, 1.54) is 25.7 Å². The first-order valence-electron chi connectivity index (χ1n) is 6.24. The minimum atomic E-state index is -0.0625. The highest BCUT2D eigenvalue weighted by Gasteiger charge is 2.35. The number of hydrogen-bond acceptors (Lipinski definition) is 3. The Bertz CT molecular complexity index is 194. The summed E-state index contributed by atoms with van der Waals surface area (Å²) >= 11 is 0. The fourth-order valence-electron chi connectivity index (χ4n) is 2.71. The van der Waals surface area contributed by atoms with Crippen LogP contribution in [-0.4, -0.2) is 48.5 Å². The molecule has 2 unspecified atom stereocenters. The van der Waals surface area contributed by atoms with Crippen molar-refractivity contribution in [1.82, 2.24) is 4.90 Å². The lowest BCUT2D eigenvalue weighted by molar-refractivity contribution is 0.0436. The fourth-order valence-corrected chi connectivity index (χ4v) is 2.71. The van der Waals surface area contributed by atoms with E-state index < -0.39 is 0 Å². The highest BCUT2D eigenvalue weighted by molar-refractivity contribution is 4.91. The predicted molar refractivity (Wildman–Crippen MR) is 59.9 cm³/mol. The average molecular weight is 213 g/mol. The Hall–Kier alpha value is -0.120. The summed E-state index contributed by atoms with van der Waals surface area (Å²) in [5, 5.41) is 9.70. The molecule has 2 rings (SSSR count). The molecule has 0 spiro atoms. The van der Waals surface area contributed by atoms with Gasteiger partial charge in [-0.3, -0.25) is 4.90 Å². The van der Waals surface area contributed by atoms with Crippen molar-refractivity contribution in [3.05, 3.63) is 0 Å². The van der Waals surface area contributed by atoms with E-state index in [9.17, 15) is 5.11 Å². The molecule has 0 heterocycles. The molecule has 2 aliphatic carbocycles. The summed E-state index contributed by atoms with van der Waals surface area (Å²) in [6.07, 6.45) is 7.04. The van der Waals surface area contributed by atoms with Crippen molar-refractivity contribution in [2.45, 2.75) is 56.7 Å². The van der Waals surface area contributed by atoms with Gasteiger partial charge in [0.25, 0.3) is 0 Å². The summed E-state index contributed by atoms with van der Waals surface area (Å²) in [5.41, 5.74) is 0. The van der Waals surface area contributed by atoms with Crippen molar-refractivity contribution >= 4 is 0 Å². The van der Waals surface area contributed by atoms with Crippen LogP contribution in [0.3, 0.4) is 0 Å². The van der Waals surface area contributed by atoms with E-state index in [1.807, 2.05) is 0 Å². The topological polar surface area (TPSA) is 32.7 Å². The second-order valence-electron chi connectivity index (χ2n) is 4.94. The third-order valence-electron chi connectivity index (χ3n) is 3.66. The lowest BCUT2D eigenvalue weighted by Gasteiger charge is -2.36.